The second-order valence-corrected chi connectivity index (χ2v) is 6.20. The molecule has 1 aliphatic rings. The first-order chi connectivity index (χ1) is 9.67. The van der Waals surface area contributed by atoms with Crippen molar-refractivity contribution in [3.05, 3.63) is 28.3 Å². The summed E-state index contributed by atoms with van der Waals surface area (Å²) in [6.45, 7) is 3.47. The molecule has 2 aromatic rings. The van der Waals surface area contributed by atoms with E-state index in [2.05, 4.69) is 9.97 Å². The van der Waals surface area contributed by atoms with Crippen LogP contribution in [0, 0.1) is 12.8 Å². The van der Waals surface area contributed by atoms with Crippen LogP contribution in [0.1, 0.15) is 21.9 Å². The average Bonchev–Trinajstić information content (AvgIpc) is 3.17. The summed E-state index contributed by atoms with van der Waals surface area (Å²) in [7, 11) is 0. The standard InChI is InChI=1S/C14H17N3O2S/c1-9-16-13(8-20-9)11-4-12(15-5-11)14(19)17-3-2-10(6-17)7-18/h4-5,8,10,15,18H,2-3,6-7H2,1H3. The molecule has 2 N–H and O–H groups in total. The minimum Gasteiger partial charge on any atom is -0.396 e. The lowest BCUT2D eigenvalue weighted by atomic mass is 10.1. The van der Waals surface area contributed by atoms with Gasteiger partial charge in [0.1, 0.15) is 5.69 Å². The third-order valence-electron chi connectivity index (χ3n) is 3.66. The molecule has 1 amide bonds. The zero-order valence-corrected chi connectivity index (χ0v) is 12.1. The molecule has 0 aromatic carbocycles. The van der Waals surface area contributed by atoms with Crippen LogP contribution in [-0.4, -0.2) is 45.6 Å². The predicted octanol–water partition coefficient (Wildman–Crippen LogP) is 1.90. The molecule has 6 heteroatoms. The Labute approximate surface area is 121 Å². The topological polar surface area (TPSA) is 69.2 Å². The maximum absolute atomic E-state index is 12.4. The molecule has 20 heavy (non-hydrogen) atoms. The molecule has 0 aliphatic carbocycles. The van der Waals surface area contributed by atoms with E-state index in [9.17, 15) is 4.79 Å². The van der Waals surface area contributed by atoms with Crippen molar-refractivity contribution in [3.63, 3.8) is 0 Å². The summed E-state index contributed by atoms with van der Waals surface area (Å²) in [6, 6.07) is 1.85. The molecular weight excluding hydrogens is 274 g/mol. The monoisotopic (exact) mass is 291 g/mol. The van der Waals surface area contributed by atoms with Gasteiger partial charge in [-0.15, -0.1) is 11.3 Å². The molecule has 106 valence electrons. The van der Waals surface area contributed by atoms with Gasteiger partial charge in [0.15, 0.2) is 0 Å². The van der Waals surface area contributed by atoms with Crippen LogP contribution in [0.5, 0.6) is 0 Å². The van der Waals surface area contributed by atoms with Crippen molar-refractivity contribution in [2.45, 2.75) is 13.3 Å². The molecule has 2 aromatic heterocycles. The zero-order chi connectivity index (χ0) is 14.1. The Morgan fingerprint density at radius 1 is 1.65 bits per heavy atom. The highest BCUT2D eigenvalue weighted by Crippen LogP contribution is 2.24. The highest BCUT2D eigenvalue weighted by Gasteiger charge is 2.27. The van der Waals surface area contributed by atoms with Crippen molar-refractivity contribution in [1.82, 2.24) is 14.9 Å². The van der Waals surface area contributed by atoms with Crippen LogP contribution in [0.15, 0.2) is 17.6 Å². The maximum atomic E-state index is 12.4. The number of carbonyl (C=O) groups excluding carboxylic acids is 1. The van der Waals surface area contributed by atoms with Gasteiger partial charge in [0.05, 0.1) is 10.7 Å². The van der Waals surface area contributed by atoms with E-state index in [1.807, 2.05) is 24.6 Å². The smallest absolute Gasteiger partial charge is 0.270 e. The Balaban J connectivity index is 1.75. The Hall–Kier alpha value is -1.66. The summed E-state index contributed by atoms with van der Waals surface area (Å²) < 4.78 is 0. The summed E-state index contributed by atoms with van der Waals surface area (Å²) in [5.74, 6) is 0.216. The molecule has 1 atom stereocenters. The van der Waals surface area contributed by atoms with E-state index in [4.69, 9.17) is 5.11 Å². The first-order valence-electron chi connectivity index (χ1n) is 6.68. The van der Waals surface area contributed by atoms with Gasteiger partial charge in [-0.25, -0.2) is 4.98 Å². The lowest BCUT2D eigenvalue weighted by molar-refractivity contribution is 0.0777. The second kappa shape index (κ2) is 5.38. The van der Waals surface area contributed by atoms with Gasteiger partial charge in [-0.1, -0.05) is 0 Å². The van der Waals surface area contributed by atoms with Gasteiger partial charge in [0.25, 0.3) is 5.91 Å². The fraction of sp³-hybridized carbons (Fsp3) is 0.429. The SMILES string of the molecule is Cc1nc(-c2c[nH]c(C(=O)N3CCC(CO)C3)c2)cs1. The molecule has 1 saturated heterocycles. The minimum absolute atomic E-state index is 0.000786. The molecule has 0 saturated carbocycles. The predicted molar refractivity (Wildman–Crippen MR) is 77.7 cm³/mol. The van der Waals surface area contributed by atoms with Gasteiger partial charge in [-0.3, -0.25) is 4.79 Å². The van der Waals surface area contributed by atoms with Crippen molar-refractivity contribution in [3.8, 4) is 11.3 Å². The number of aliphatic hydroxyl groups excluding tert-OH is 1. The minimum atomic E-state index is -0.000786. The first-order valence-corrected chi connectivity index (χ1v) is 7.56. The Morgan fingerprint density at radius 3 is 3.15 bits per heavy atom. The third-order valence-corrected chi connectivity index (χ3v) is 4.43. The van der Waals surface area contributed by atoms with Gasteiger partial charge in [-0.05, 0) is 19.4 Å². The number of aliphatic hydroxyl groups is 1. The quantitative estimate of drug-likeness (QED) is 0.907. The Morgan fingerprint density at radius 2 is 2.50 bits per heavy atom. The molecule has 1 unspecified atom stereocenters. The van der Waals surface area contributed by atoms with Gasteiger partial charge < -0.3 is 15.0 Å². The molecule has 0 spiro atoms. The first kappa shape index (κ1) is 13.3. The van der Waals surface area contributed by atoms with Crippen LogP contribution in [0.3, 0.4) is 0 Å². The van der Waals surface area contributed by atoms with Crippen LogP contribution in [0.4, 0.5) is 0 Å². The molecule has 0 radical (unpaired) electrons. The van der Waals surface area contributed by atoms with E-state index in [0.717, 1.165) is 22.7 Å². The fourth-order valence-electron chi connectivity index (χ4n) is 2.50. The number of thiazole rings is 1. The Kier molecular flexibility index (Phi) is 3.58. The number of nitrogens with zero attached hydrogens (tertiary/aromatic N) is 2. The summed E-state index contributed by atoms with van der Waals surface area (Å²) >= 11 is 1.60. The largest absolute Gasteiger partial charge is 0.396 e. The number of aryl methyl sites for hydroxylation is 1. The lowest BCUT2D eigenvalue weighted by Crippen LogP contribution is -2.29. The summed E-state index contributed by atoms with van der Waals surface area (Å²) in [4.78, 5) is 21.6. The van der Waals surface area contributed by atoms with Crippen molar-refractivity contribution >= 4 is 17.2 Å². The van der Waals surface area contributed by atoms with Crippen molar-refractivity contribution in [2.75, 3.05) is 19.7 Å². The van der Waals surface area contributed by atoms with Gasteiger partial charge in [0, 0.05) is 42.8 Å². The van der Waals surface area contributed by atoms with Gasteiger partial charge >= 0.3 is 0 Å². The number of likely N-dealkylation sites (tertiary alicyclic amines) is 1. The normalized spacial score (nSPS) is 18.7. The number of aromatic amines is 1. The number of rotatable bonds is 3. The van der Waals surface area contributed by atoms with Crippen LogP contribution >= 0.6 is 11.3 Å². The Bertz CT molecular complexity index is 619. The molecule has 5 nitrogen and oxygen atoms in total. The number of nitrogens with one attached hydrogen (secondary N) is 1. The fourth-order valence-corrected chi connectivity index (χ4v) is 3.12. The number of amides is 1. The molecule has 3 heterocycles. The highest BCUT2D eigenvalue weighted by atomic mass is 32.1. The van der Waals surface area contributed by atoms with Crippen LogP contribution in [-0.2, 0) is 0 Å². The summed E-state index contributed by atoms with van der Waals surface area (Å²) in [6.07, 6.45) is 2.70. The van der Waals surface area contributed by atoms with Crippen molar-refractivity contribution in [2.24, 2.45) is 5.92 Å². The average molecular weight is 291 g/mol. The van der Waals surface area contributed by atoms with E-state index >= 15 is 0 Å². The lowest BCUT2D eigenvalue weighted by Gasteiger charge is -2.14. The molecule has 0 bridgehead atoms. The molecule has 1 aliphatic heterocycles. The maximum Gasteiger partial charge on any atom is 0.270 e. The number of aromatic nitrogens is 2. The van der Waals surface area contributed by atoms with Crippen molar-refractivity contribution in [1.29, 1.82) is 0 Å². The van der Waals surface area contributed by atoms with E-state index in [1.165, 1.54) is 0 Å². The van der Waals surface area contributed by atoms with E-state index in [1.54, 1.807) is 16.2 Å². The van der Waals surface area contributed by atoms with E-state index in [0.29, 0.717) is 18.8 Å². The number of carbonyl (C=O) groups is 1. The van der Waals surface area contributed by atoms with E-state index in [-0.39, 0.29) is 18.4 Å². The third kappa shape index (κ3) is 2.48. The molecule has 3 rings (SSSR count). The van der Waals surface area contributed by atoms with E-state index < -0.39 is 0 Å². The number of hydrogen-bond donors (Lipinski definition) is 2. The second-order valence-electron chi connectivity index (χ2n) is 5.14. The van der Waals surface area contributed by atoms with Crippen molar-refractivity contribution < 1.29 is 9.90 Å². The van der Waals surface area contributed by atoms with Crippen LogP contribution < -0.4 is 0 Å². The highest BCUT2D eigenvalue weighted by molar-refractivity contribution is 7.09. The zero-order valence-electron chi connectivity index (χ0n) is 11.3. The molecule has 1 fully saturated rings. The molecular formula is C14H17N3O2S. The van der Waals surface area contributed by atoms with Gasteiger partial charge in [-0.2, -0.15) is 0 Å². The summed E-state index contributed by atoms with van der Waals surface area (Å²) in [5.41, 5.74) is 2.43. The number of hydrogen-bond acceptors (Lipinski definition) is 4. The van der Waals surface area contributed by atoms with Crippen LogP contribution in [0.25, 0.3) is 11.3 Å². The van der Waals surface area contributed by atoms with Crippen LogP contribution in [0.2, 0.25) is 0 Å². The number of H-pyrrole nitrogens is 1. The van der Waals surface area contributed by atoms with Gasteiger partial charge in [0.2, 0.25) is 0 Å². The summed E-state index contributed by atoms with van der Waals surface area (Å²) in [5, 5.41) is 12.1.